The standard InChI is InChI=1S/C39H68N2O10/c1-10-33-30(23-48-28(6)47-9)20-24(2)14-15-31(42)25(3)21-29(16-19-41-17-12-11-13-18-41)38(26(4)32(43)22-34(44)50-33)51-39-37(46)35(40(7)8)36(45)27(5)49-39/h14-15,20,25-30,32-33,35-39,43,45-46H,10-13,16-19,21-23H2,1-9H3/b15-14+,24-20+. The topological polar surface area (TPSA) is 147 Å². The largest absolute Gasteiger partial charge is 0.462 e. The smallest absolute Gasteiger partial charge is 0.308 e. The maximum Gasteiger partial charge on any atom is 0.308 e. The number of rotatable bonds is 11. The number of likely N-dealkylation sites (N-methyl/N-ethyl adjacent to an activating group) is 1. The van der Waals surface area contributed by atoms with Crippen LogP contribution in [0, 0.1) is 23.7 Å². The number of nitrogens with zero attached hydrogens (tertiary/aromatic N) is 2. The maximum atomic E-state index is 13.7. The van der Waals surface area contributed by atoms with Crippen LogP contribution in [0.1, 0.15) is 86.5 Å². The third-order valence-corrected chi connectivity index (χ3v) is 11.1. The van der Waals surface area contributed by atoms with Gasteiger partial charge in [-0.3, -0.25) is 9.59 Å². The summed E-state index contributed by atoms with van der Waals surface area (Å²) in [7, 11) is 5.13. The van der Waals surface area contributed by atoms with Gasteiger partial charge in [0, 0.05) is 24.9 Å². The van der Waals surface area contributed by atoms with Gasteiger partial charge in [0.2, 0.25) is 0 Å². The predicted molar refractivity (Wildman–Crippen MR) is 195 cm³/mol. The SMILES string of the molecule is CCC1OC(=O)CC(O)C(C)C(OC2OC(C)C(O)C(N(C)C)C2O)C(CCN2CCCCC2)CC(C)C(=O)/C=C/C(C)=C/C1COC(C)OC. The molecule has 0 bridgehead atoms. The van der Waals surface area contributed by atoms with Crippen LogP contribution in [-0.4, -0.2) is 140 Å². The number of ether oxygens (including phenoxy) is 5. The van der Waals surface area contributed by atoms with Crippen LogP contribution in [0.4, 0.5) is 0 Å². The molecule has 0 aromatic heterocycles. The number of piperidine rings is 1. The third-order valence-electron chi connectivity index (χ3n) is 11.1. The summed E-state index contributed by atoms with van der Waals surface area (Å²) in [6.07, 6.45) is 3.54. The lowest BCUT2D eigenvalue weighted by Gasteiger charge is -2.47. The first kappa shape index (κ1) is 43.7. The number of ketones is 1. The molecule has 3 aliphatic heterocycles. The van der Waals surface area contributed by atoms with Crippen molar-refractivity contribution in [2.45, 2.75) is 142 Å². The number of esters is 1. The van der Waals surface area contributed by atoms with Crippen molar-refractivity contribution in [2.75, 3.05) is 47.4 Å². The number of cyclic esters (lactones) is 1. The summed E-state index contributed by atoms with van der Waals surface area (Å²) in [5, 5.41) is 34.1. The molecule has 3 aliphatic rings. The Kier molecular flexibility index (Phi) is 18.2. The molecule has 3 N–H and O–H groups in total. The molecule has 13 unspecified atom stereocenters. The zero-order chi connectivity index (χ0) is 37.8. The Bertz CT molecular complexity index is 1130. The first-order valence-electron chi connectivity index (χ1n) is 19.1. The Morgan fingerprint density at radius 2 is 1.73 bits per heavy atom. The lowest BCUT2D eigenvalue weighted by atomic mass is 9.79. The molecule has 0 amide bonds. The summed E-state index contributed by atoms with van der Waals surface area (Å²) in [5.74, 6) is -2.08. The molecular weight excluding hydrogens is 656 g/mol. The van der Waals surface area contributed by atoms with Crippen molar-refractivity contribution in [2.24, 2.45) is 23.7 Å². The highest BCUT2D eigenvalue weighted by molar-refractivity contribution is 5.91. The van der Waals surface area contributed by atoms with Crippen LogP contribution in [0.5, 0.6) is 0 Å². The third kappa shape index (κ3) is 13.0. The lowest BCUT2D eigenvalue weighted by Crippen LogP contribution is -2.63. The Morgan fingerprint density at radius 1 is 1.04 bits per heavy atom. The predicted octanol–water partition coefficient (Wildman–Crippen LogP) is 3.71. The van der Waals surface area contributed by atoms with E-state index in [1.165, 1.54) is 6.42 Å². The van der Waals surface area contributed by atoms with Crippen molar-refractivity contribution >= 4 is 11.8 Å². The van der Waals surface area contributed by atoms with Crippen molar-refractivity contribution in [3.05, 3.63) is 23.8 Å². The van der Waals surface area contributed by atoms with E-state index >= 15 is 0 Å². The summed E-state index contributed by atoms with van der Waals surface area (Å²) >= 11 is 0. The van der Waals surface area contributed by atoms with Crippen molar-refractivity contribution in [1.82, 2.24) is 9.80 Å². The van der Waals surface area contributed by atoms with Gasteiger partial charge in [-0.25, -0.2) is 0 Å². The molecule has 3 heterocycles. The second-order valence-corrected chi connectivity index (χ2v) is 15.3. The van der Waals surface area contributed by atoms with E-state index in [0.29, 0.717) is 19.3 Å². The molecule has 0 radical (unpaired) electrons. The van der Waals surface area contributed by atoms with Crippen LogP contribution >= 0.6 is 0 Å². The molecular formula is C39H68N2O10. The fourth-order valence-electron chi connectivity index (χ4n) is 7.69. The van der Waals surface area contributed by atoms with Gasteiger partial charge in [-0.15, -0.1) is 0 Å². The normalized spacial score (nSPS) is 39.3. The molecule has 51 heavy (non-hydrogen) atoms. The van der Waals surface area contributed by atoms with Gasteiger partial charge in [0.05, 0.1) is 43.5 Å². The van der Waals surface area contributed by atoms with Gasteiger partial charge in [0.25, 0.3) is 0 Å². The second kappa shape index (κ2) is 21.2. The number of allylic oxidation sites excluding steroid dienone is 3. The number of carbonyl (C=O) groups excluding carboxylic acids is 2. The number of methoxy groups -OCH3 is 1. The van der Waals surface area contributed by atoms with E-state index in [0.717, 1.165) is 38.0 Å². The van der Waals surface area contributed by atoms with Crippen LogP contribution in [0.25, 0.3) is 0 Å². The highest BCUT2D eigenvalue weighted by atomic mass is 16.7. The van der Waals surface area contributed by atoms with Crippen LogP contribution in [0.2, 0.25) is 0 Å². The first-order valence-corrected chi connectivity index (χ1v) is 19.1. The average molecular weight is 725 g/mol. The number of hydrogen-bond donors (Lipinski definition) is 3. The number of likely N-dealkylation sites (tertiary alicyclic amines) is 1. The molecule has 294 valence electrons. The molecule has 12 heteroatoms. The summed E-state index contributed by atoms with van der Waals surface area (Å²) in [6.45, 7) is 14.2. The number of aliphatic hydroxyl groups is 3. The fraction of sp³-hybridized carbons (Fsp3) is 0.846. The van der Waals surface area contributed by atoms with Gasteiger partial charge in [-0.2, -0.15) is 0 Å². The van der Waals surface area contributed by atoms with Crippen molar-refractivity contribution in [3.63, 3.8) is 0 Å². The van der Waals surface area contributed by atoms with Crippen LogP contribution in [0.3, 0.4) is 0 Å². The minimum absolute atomic E-state index is 0.0255. The highest BCUT2D eigenvalue weighted by Gasteiger charge is 2.47. The fourth-order valence-corrected chi connectivity index (χ4v) is 7.69. The lowest BCUT2D eigenvalue weighted by molar-refractivity contribution is -0.304. The Morgan fingerprint density at radius 3 is 2.35 bits per heavy atom. The number of carbonyl (C=O) groups is 2. The minimum Gasteiger partial charge on any atom is -0.462 e. The van der Waals surface area contributed by atoms with Gasteiger partial charge in [-0.1, -0.05) is 44.9 Å². The molecule has 0 spiro atoms. The van der Waals surface area contributed by atoms with E-state index in [2.05, 4.69) is 4.90 Å². The van der Waals surface area contributed by atoms with Gasteiger partial charge in [0.15, 0.2) is 18.4 Å². The second-order valence-electron chi connectivity index (χ2n) is 15.3. The summed E-state index contributed by atoms with van der Waals surface area (Å²) in [6, 6.07) is -0.649. The maximum absolute atomic E-state index is 13.7. The minimum atomic E-state index is -1.19. The van der Waals surface area contributed by atoms with E-state index in [-0.39, 0.29) is 36.6 Å². The highest BCUT2D eigenvalue weighted by Crippen LogP contribution is 2.35. The van der Waals surface area contributed by atoms with E-state index < -0.39 is 67.1 Å². The van der Waals surface area contributed by atoms with Crippen molar-refractivity contribution in [3.8, 4) is 0 Å². The molecule has 3 rings (SSSR count). The molecule has 12 nitrogen and oxygen atoms in total. The summed E-state index contributed by atoms with van der Waals surface area (Å²) in [5.41, 5.74) is 0.836. The number of aliphatic hydroxyl groups excluding tert-OH is 3. The summed E-state index contributed by atoms with van der Waals surface area (Å²) < 4.78 is 30.0. The number of hydrogen-bond acceptors (Lipinski definition) is 12. The van der Waals surface area contributed by atoms with Crippen LogP contribution in [-0.2, 0) is 33.3 Å². The molecule has 0 aliphatic carbocycles. The van der Waals surface area contributed by atoms with E-state index in [9.17, 15) is 24.9 Å². The first-order chi connectivity index (χ1) is 24.2. The van der Waals surface area contributed by atoms with Gasteiger partial charge < -0.3 is 48.8 Å². The van der Waals surface area contributed by atoms with E-state index in [4.69, 9.17) is 23.7 Å². The van der Waals surface area contributed by atoms with E-state index in [1.54, 1.807) is 52.1 Å². The molecule has 0 aromatic carbocycles. The molecule has 2 fully saturated rings. The average Bonchev–Trinajstić information content (AvgIpc) is 3.10. The molecule has 0 saturated carbocycles. The van der Waals surface area contributed by atoms with Crippen molar-refractivity contribution in [1.29, 1.82) is 0 Å². The zero-order valence-corrected chi connectivity index (χ0v) is 32.6. The Hall–Kier alpha value is -1.74. The van der Waals surface area contributed by atoms with Crippen LogP contribution < -0.4 is 0 Å². The van der Waals surface area contributed by atoms with Gasteiger partial charge in [0.1, 0.15) is 12.2 Å². The monoisotopic (exact) mass is 724 g/mol. The Labute approximate surface area is 306 Å². The van der Waals surface area contributed by atoms with Gasteiger partial charge in [-0.05, 0) is 98.6 Å². The van der Waals surface area contributed by atoms with E-state index in [1.807, 2.05) is 33.8 Å². The van der Waals surface area contributed by atoms with Crippen LogP contribution in [0.15, 0.2) is 23.8 Å². The molecule has 2 saturated heterocycles. The summed E-state index contributed by atoms with van der Waals surface area (Å²) in [4.78, 5) is 31.4. The Balaban J connectivity index is 2.02. The zero-order valence-electron chi connectivity index (χ0n) is 32.6. The van der Waals surface area contributed by atoms with Gasteiger partial charge >= 0.3 is 5.97 Å². The quantitative estimate of drug-likeness (QED) is 0.211. The molecule has 0 aromatic rings. The molecule has 13 atom stereocenters. The van der Waals surface area contributed by atoms with Crippen molar-refractivity contribution < 1.29 is 48.6 Å².